The van der Waals surface area contributed by atoms with Gasteiger partial charge in [0.05, 0.1) is 0 Å². The van der Waals surface area contributed by atoms with E-state index in [0.717, 1.165) is 19.6 Å². The van der Waals surface area contributed by atoms with Crippen molar-refractivity contribution in [3.8, 4) is 0 Å². The molecule has 0 spiro atoms. The molecule has 0 aliphatic carbocycles. The van der Waals surface area contributed by atoms with E-state index in [1.54, 1.807) is 0 Å². The lowest BCUT2D eigenvalue weighted by molar-refractivity contribution is 0.553. The highest BCUT2D eigenvalue weighted by atomic mass is 14.9. The van der Waals surface area contributed by atoms with Crippen molar-refractivity contribution in [3.05, 3.63) is 0 Å². The van der Waals surface area contributed by atoms with Crippen molar-refractivity contribution in [2.45, 2.75) is 52.4 Å². The standard InChI is InChI=1S/C14H33N3/c1-3-5-6-10-16-11-7-8-12-17-14-9-13-15-4-2/h15-17H,3-14H2,1-2H3. The second-order valence-corrected chi connectivity index (χ2v) is 4.62. The molecule has 0 rings (SSSR count). The Bertz CT molecular complexity index is 115. The molecule has 0 aromatic rings. The first-order valence-electron chi connectivity index (χ1n) is 7.54. The second-order valence-electron chi connectivity index (χ2n) is 4.62. The van der Waals surface area contributed by atoms with Crippen molar-refractivity contribution >= 4 is 0 Å². The van der Waals surface area contributed by atoms with Crippen molar-refractivity contribution in [1.82, 2.24) is 16.0 Å². The Morgan fingerprint density at radius 1 is 0.529 bits per heavy atom. The fourth-order valence-corrected chi connectivity index (χ4v) is 1.77. The Hall–Kier alpha value is -0.120. The summed E-state index contributed by atoms with van der Waals surface area (Å²) in [7, 11) is 0. The first-order chi connectivity index (χ1) is 8.41. The fourth-order valence-electron chi connectivity index (χ4n) is 1.77. The predicted octanol–water partition coefficient (Wildman–Crippen LogP) is 2.14. The third-order valence-electron chi connectivity index (χ3n) is 2.87. The van der Waals surface area contributed by atoms with Gasteiger partial charge in [-0.25, -0.2) is 0 Å². The van der Waals surface area contributed by atoms with Crippen LogP contribution in [0.3, 0.4) is 0 Å². The molecule has 0 fully saturated rings. The van der Waals surface area contributed by atoms with Crippen LogP contribution < -0.4 is 16.0 Å². The molecule has 17 heavy (non-hydrogen) atoms. The summed E-state index contributed by atoms with van der Waals surface area (Å²) in [6.07, 6.45) is 7.84. The van der Waals surface area contributed by atoms with Gasteiger partial charge in [0.1, 0.15) is 0 Å². The van der Waals surface area contributed by atoms with E-state index >= 15 is 0 Å². The molecule has 3 heteroatoms. The normalized spacial score (nSPS) is 10.9. The molecule has 0 amide bonds. The third kappa shape index (κ3) is 15.9. The van der Waals surface area contributed by atoms with Crippen molar-refractivity contribution < 1.29 is 0 Å². The van der Waals surface area contributed by atoms with Gasteiger partial charge >= 0.3 is 0 Å². The summed E-state index contributed by atoms with van der Waals surface area (Å²) in [4.78, 5) is 0. The van der Waals surface area contributed by atoms with Crippen molar-refractivity contribution in [2.75, 3.05) is 39.3 Å². The molecule has 0 saturated carbocycles. The largest absolute Gasteiger partial charge is 0.317 e. The molecule has 0 bridgehead atoms. The van der Waals surface area contributed by atoms with Crippen LogP contribution >= 0.6 is 0 Å². The van der Waals surface area contributed by atoms with Crippen molar-refractivity contribution in [3.63, 3.8) is 0 Å². The van der Waals surface area contributed by atoms with Crippen LogP contribution in [0.2, 0.25) is 0 Å². The van der Waals surface area contributed by atoms with Gasteiger partial charge in [-0.3, -0.25) is 0 Å². The van der Waals surface area contributed by atoms with Crippen LogP contribution in [0.25, 0.3) is 0 Å². The number of hydrogen-bond donors (Lipinski definition) is 3. The zero-order valence-electron chi connectivity index (χ0n) is 12.0. The maximum absolute atomic E-state index is 3.50. The quantitative estimate of drug-likeness (QED) is 0.409. The SMILES string of the molecule is CCCCCNCCCCNCCCNCC. The van der Waals surface area contributed by atoms with E-state index in [1.807, 2.05) is 0 Å². The molecule has 0 aromatic heterocycles. The van der Waals surface area contributed by atoms with Gasteiger partial charge in [0.15, 0.2) is 0 Å². The van der Waals surface area contributed by atoms with Gasteiger partial charge in [0.25, 0.3) is 0 Å². The lowest BCUT2D eigenvalue weighted by atomic mass is 10.2. The first-order valence-corrected chi connectivity index (χ1v) is 7.54. The molecule has 0 atom stereocenters. The molecular formula is C14H33N3. The van der Waals surface area contributed by atoms with Crippen LogP contribution in [0.4, 0.5) is 0 Å². The Labute approximate surface area is 108 Å². The summed E-state index contributed by atoms with van der Waals surface area (Å²) < 4.78 is 0. The Morgan fingerprint density at radius 3 is 1.53 bits per heavy atom. The van der Waals surface area contributed by atoms with Gasteiger partial charge in [0.2, 0.25) is 0 Å². The first kappa shape index (κ1) is 16.9. The molecule has 0 saturated heterocycles. The summed E-state index contributed by atoms with van der Waals surface area (Å²) >= 11 is 0. The minimum absolute atomic E-state index is 1.09. The van der Waals surface area contributed by atoms with E-state index in [9.17, 15) is 0 Å². The highest BCUT2D eigenvalue weighted by Crippen LogP contribution is 1.91. The topological polar surface area (TPSA) is 36.1 Å². The monoisotopic (exact) mass is 243 g/mol. The lowest BCUT2D eigenvalue weighted by Gasteiger charge is -2.06. The Balaban J connectivity index is 2.85. The number of nitrogens with one attached hydrogen (secondary N) is 3. The maximum atomic E-state index is 3.50. The molecule has 0 radical (unpaired) electrons. The van der Waals surface area contributed by atoms with Gasteiger partial charge in [-0.1, -0.05) is 26.7 Å². The molecule has 3 N–H and O–H groups in total. The van der Waals surface area contributed by atoms with Crippen LogP contribution in [-0.2, 0) is 0 Å². The van der Waals surface area contributed by atoms with Crippen LogP contribution in [0.5, 0.6) is 0 Å². The molecule has 3 nitrogen and oxygen atoms in total. The lowest BCUT2D eigenvalue weighted by Crippen LogP contribution is -2.23. The smallest absolute Gasteiger partial charge is 0.00368 e. The highest BCUT2D eigenvalue weighted by Gasteiger charge is 1.90. The Kier molecular flexibility index (Phi) is 15.8. The van der Waals surface area contributed by atoms with Crippen LogP contribution in [0.15, 0.2) is 0 Å². The summed E-state index contributed by atoms with van der Waals surface area (Å²) in [6, 6.07) is 0. The number of rotatable bonds is 14. The summed E-state index contributed by atoms with van der Waals surface area (Å²) in [5.41, 5.74) is 0. The van der Waals surface area contributed by atoms with Gasteiger partial charge in [-0.15, -0.1) is 0 Å². The van der Waals surface area contributed by atoms with Gasteiger partial charge in [-0.2, -0.15) is 0 Å². The highest BCUT2D eigenvalue weighted by molar-refractivity contribution is 4.53. The molecule has 0 unspecified atom stereocenters. The van der Waals surface area contributed by atoms with E-state index in [-0.39, 0.29) is 0 Å². The van der Waals surface area contributed by atoms with Gasteiger partial charge < -0.3 is 16.0 Å². The van der Waals surface area contributed by atoms with Crippen LogP contribution in [0, 0.1) is 0 Å². The van der Waals surface area contributed by atoms with Gasteiger partial charge in [0, 0.05) is 0 Å². The van der Waals surface area contributed by atoms with E-state index in [2.05, 4.69) is 29.8 Å². The third-order valence-corrected chi connectivity index (χ3v) is 2.87. The molecule has 0 aromatic carbocycles. The average Bonchev–Trinajstić information content (AvgIpc) is 2.35. The fraction of sp³-hybridized carbons (Fsp3) is 1.00. The van der Waals surface area contributed by atoms with Crippen LogP contribution in [0.1, 0.15) is 52.4 Å². The zero-order chi connectivity index (χ0) is 12.6. The minimum Gasteiger partial charge on any atom is -0.317 e. The van der Waals surface area contributed by atoms with Gasteiger partial charge in [-0.05, 0) is 65.0 Å². The average molecular weight is 243 g/mol. The summed E-state index contributed by atoms with van der Waals surface area (Å²) in [5, 5.41) is 10.3. The molecule has 0 heterocycles. The minimum atomic E-state index is 1.09. The van der Waals surface area contributed by atoms with Crippen molar-refractivity contribution in [2.24, 2.45) is 0 Å². The van der Waals surface area contributed by atoms with E-state index in [4.69, 9.17) is 0 Å². The predicted molar refractivity (Wildman–Crippen MR) is 77.7 cm³/mol. The van der Waals surface area contributed by atoms with Crippen LogP contribution in [-0.4, -0.2) is 39.3 Å². The summed E-state index contributed by atoms with van der Waals surface area (Å²) in [6.45, 7) is 11.3. The van der Waals surface area contributed by atoms with E-state index < -0.39 is 0 Å². The van der Waals surface area contributed by atoms with E-state index in [0.29, 0.717) is 0 Å². The number of hydrogen-bond acceptors (Lipinski definition) is 3. The Morgan fingerprint density at radius 2 is 1.00 bits per heavy atom. The molecule has 0 aliphatic rings. The summed E-state index contributed by atoms with van der Waals surface area (Å²) in [5.74, 6) is 0. The molecular weight excluding hydrogens is 210 g/mol. The van der Waals surface area contributed by atoms with Crippen molar-refractivity contribution in [1.29, 1.82) is 0 Å². The molecule has 0 aliphatic heterocycles. The zero-order valence-corrected chi connectivity index (χ0v) is 12.0. The second kappa shape index (κ2) is 15.9. The number of unbranched alkanes of at least 4 members (excludes halogenated alkanes) is 3. The maximum Gasteiger partial charge on any atom is -0.00368 e. The van der Waals surface area contributed by atoms with E-state index in [1.165, 1.54) is 58.2 Å². The molecule has 104 valence electrons.